The molecule has 0 spiro atoms. The summed E-state index contributed by atoms with van der Waals surface area (Å²) in [5.74, 6) is 1.83. The highest BCUT2D eigenvalue weighted by Crippen LogP contribution is 2.26. The molecule has 0 aromatic heterocycles. The van der Waals surface area contributed by atoms with Crippen LogP contribution in [-0.4, -0.2) is 25.8 Å². The Balaban J connectivity index is 1.98. The van der Waals surface area contributed by atoms with Crippen LogP contribution >= 0.6 is 11.6 Å². The number of rotatable bonds is 5. The van der Waals surface area contributed by atoms with Crippen molar-refractivity contribution in [2.75, 3.05) is 13.1 Å². The van der Waals surface area contributed by atoms with Gasteiger partial charge in [0.15, 0.2) is 0 Å². The van der Waals surface area contributed by atoms with Crippen molar-refractivity contribution in [1.29, 1.82) is 0 Å². The molecule has 0 aliphatic carbocycles. The number of halogens is 1. The topological polar surface area (TPSA) is 37.4 Å². The van der Waals surface area contributed by atoms with Crippen LogP contribution in [0.25, 0.3) is 0 Å². The number of sulfonamides is 1. The summed E-state index contributed by atoms with van der Waals surface area (Å²) in [6.07, 6.45) is 1.95. The maximum absolute atomic E-state index is 12.5. The molecule has 1 aromatic carbocycles. The maximum atomic E-state index is 12.5. The molecule has 0 saturated carbocycles. The predicted molar refractivity (Wildman–Crippen MR) is 87.8 cm³/mol. The quantitative estimate of drug-likeness (QED) is 0.774. The lowest BCUT2D eigenvalue weighted by Gasteiger charge is -2.33. The van der Waals surface area contributed by atoms with Crippen molar-refractivity contribution in [2.24, 2.45) is 11.8 Å². The molecule has 1 aliphatic rings. The molecule has 0 bridgehead atoms. The van der Waals surface area contributed by atoms with Crippen LogP contribution in [0.5, 0.6) is 0 Å². The fourth-order valence-electron chi connectivity index (χ4n) is 2.85. The molecule has 0 N–H and O–H groups in total. The predicted octanol–water partition coefficient (Wildman–Crippen LogP) is 3.62. The van der Waals surface area contributed by atoms with Crippen LogP contribution in [0, 0.1) is 11.8 Å². The van der Waals surface area contributed by atoms with E-state index in [0.29, 0.717) is 30.8 Å². The molecule has 2 rings (SSSR count). The first-order valence-corrected chi connectivity index (χ1v) is 9.68. The minimum absolute atomic E-state index is 0.0852. The van der Waals surface area contributed by atoms with Gasteiger partial charge in [0.1, 0.15) is 0 Å². The normalized spacial score (nSPS) is 18.3. The van der Waals surface area contributed by atoms with Crippen LogP contribution in [0.2, 0.25) is 0 Å². The van der Waals surface area contributed by atoms with Crippen molar-refractivity contribution in [3.8, 4) is 0 Å². The third-order valence-electron chi connectivity index (χ3n) is 4.36. The summed E-state index contributed by atoms with van der Waals surface area (Å²) >= 11 is 5.75. The van der Waals surface area contributed by atoms with E-state index in [-0.39, 0.29) is 5.75 Å². The van der Waals surface area contributed by atoms with Crippen LogP contribution < -0.4 is 0 Å². The summed E-state index contributed by atoms with van der Waals surface area (Å²) in [5, 5.41) is 0. The Kier molecular flexibility index (Phi) is 5.69. The second-order valence-electron chi connectivity index (χ2n) is 6.19. The van der Waals surface area contributed by atoms with E-state index in [1.807, 2.05) is 24.3 Å². The van der Waals surface area contributed by atoms with Gasteiger partial charge in [-0.2, -0.15) is 0 Å². The smallest absolute Gasteiger partial charge is 0.212 e. The van der Waals surface area contributed by atoms with Gasteiger partial charge in [-0.3, -0.25) is 0 Å². The van der Waals surface area contributed by atoms with Gasteiger partial charge in [-0.05, 0) is 35.8 Å². The number of hydrogen-bond acceptors (Lipinski definition) is 2. The summed E-state index contributed by atoms with van der Waals surface area (Å²) in [5.41, 5.74) is 1.84. The molecule has 0 unspecified atom stereocenters. The first-order chi connectivity index (χ1) is 9.92. The number of hydrogen-bond donors (Lipinski definition) is 0. The van der Waals surface area contributed by atoms with Gasteiger partial charge in [-0.25, -0.2) is 12.7 Å². The van der Waals surface area contributed by atoms with Crippen molar-refractivity contribution in [1.82, 2.24) is 4.31 Å². The molecule has 1 aliphatic heterocycles. The molecule has 1 saturated heterocycles. The van der Waals surface area contributed by atoms with Crippen molar-refractivity contribution < 1.29 is 8.42 Å². The van der Waals surface area contributed by atoms with Crippen LogP contribution in [-0.2, 0) is 21.7 Å². The Morgan fingerprint density at radius 3 is 2.14 bits per heavy atom. The van der Waals surface area contributed by atoms with Crippen molar-refractivity contribution in [3.63, 3.8) is 0 Å². The monoisotopic (exact) mass is 329 g/mol. The highest BCUT2D eigenvalue weighted by molar-refractivity contribution is 7.88. The minimum Gasteiger partial charge on any atom is -0.212 e. The average molecular weight is 330 g/mol. The van der Waals surface area contributed by atoms with Gasteiger partial charge in [0.2, 0.25) is 10.0 Å². The Hall–Kier alpha value is -0.580. The Morgan fingerprint density at radius 1 is 1.14 bits per heavy atom. The standard InChI is InChI=1S/C16H24ClNO2S/c1-13(2)16-7-9-18(10-8-16)21(19,20)12-15-5-3-14(11-17)4-6-15/h3-6,13,16H,7-12H2,1-2H3. The second kappa shape index (κ2) is 7.12. The molecule has 3 nitrogen and oxygen atoms in total. The lowest BCUT2D eigenvalue weighted by Crippen LogP contribution is -2.40. The fraction of sp³-hybridized carbons (Fsp3) is 0.625. The van der Waals surface area contributed by atoms with Crippen molar-refractivity contribution in [3.05, 3.63) is 35.4 Å². The highest BCUT2D eigenvalue weighted by atomic mass is 35.5. The molecule has 1 fully saturated rings. The van der Waals surface area contributed by atoms with Crippen molar-refractivity contribution >= 4 is 21.6 Å². The van der Waals surface area contributed by atoms with Gasteiger partial charge < -0.3 is 0 Å². The summed E-state index contributed by atoms with van der Waals surface area (Å²) < 4.78 is 26.6. The highest BCUT2D eigenvalue weighted by Gasteiger charge is 2.29. The third kappa shape index (κ3) is 4.44. The van der Waals surface area contributed by atoms with E-state index in [9.17, 15) is 8.42 Å². The van der Waals surface area contributed by atoms with Gasteiger partial charge in [0, 0.05) is 19.0 Å². The largest absolute Gasteiger partial charge is 0.218 e. The fourth-order valence-corrected chi connectivity index (χ4v) is 4.59. The molecule has 0 atom stereocenters. The average Bonchev–Trinajstić information content (AvgIpc) is 2.48. The zero-order valence-corrected chi connectivity index (χ0v) is 14.3. The van der Waals surface area contributed by atoms with E-state index in [0.717, 1.165) is 24.0 Å². The number of piperidine rings is 1. The zero-order chi connectivity index (χ0) is 15.5. The summed E-state index contributed by atoms with van der Waals surface area (Å²) in [7, 11) is -3.20. The summed E-state index contributed by atoms with van der Waals surface area (Å²) in [6, 6.07) is 7.50. The lowest BCUT2D eigenvalue weighted by molar-refractivity contribution is 0.226. The van der Waals surface area contributed by atoms with E-state index in [4.69, 9.17) is 11.6 Å². The lowest BCUT2D eigenvalue weighted by atomic mass is 9.87. The van der Waals surface area contributed by atoms with E-state index in [1.54, 1.807) is 4.31 Å². The van der Waals surface area contributed by atoms with E-state index in [1.165, 1.54) is 0 Å². The molecular weight excluding hydrogens is 306 g/mol. The van der Waals surface area contributed by atoms with Gasteiger partial charge >= 0.3 is 0 Å². The zero-order valence-electron chi connectivity index (χ0n) is 12.8. The van der Waals surface area contributed by atoms with E-state index in [2.05, 4.69) is 13.8 Å². The summed E-state index contributed by atoms with van der Waals surface area (Å²) in [6.45, 7) is 5.75. The SMILES string of the molecule is CC(C)C1CCN(S(=O)(=O)Cc2ccc(CCl)cc2)CC1. The maximum Gasteiger partial charge on any atom is 0.218 e. The first-order valence-electron chi connectivity index (χ1n) is 7.54. The van der Waals surface area contributed by atoms with E-state index < -0.39 is 10.0 Å². The molecule has 118 valence electrons. The summed E-state index contributed by atoms with van der Waals surface area (Å²) in [4.78, 5) is 0. The molecule has 1 heterocycles. The van der Waals surface area contributed by atoms with Gasteiger partial charge in [0.25, 0.3) is 0 Å². The third-order valence-corrected chi connectivity index (χ3v) is 6.52. The van der Waals surface area contributed by atoms with Crippen LogP contribution in [0.4, 0.5) is 0 Å². The molecule has 0 radical (unpaired) electrons. The van der Waals surface area contributed by atoms with E-state index >= 15 is 0 Å². The van der Waals surface area contributed by atoms with Crippen LogP contribution in [0.3, 0.4) is 0 Å². The van der Waals surface area contributed by atoms with Crippen LogP contribution in [0.15, 0.2) is 24.3 Å². The van der Waals surface area contributed by atoms with Gasteiger partial charge in [0.05, 0.1) is 5.75 Å². The Morgan fingerprint density at radius 2 is 1.67 bits per heavy atom. The van der Waals surface area contributed by atoms with Crippen molar-refractivity contribution in [2.45, 2.75) is 38.3 Å². The Bertz CT molecular complexity index is 546. The molecule has 21 heavy (non-hydrogen) atoms. The number of benzene rings is 1. The Labute approximate surface area is 133 Å². The van der Waals surface area contributed by atoms with Gasteiger partial charge in [-0.15, -0.1) is 11.6 Å². The second-order valence-corrected chi connectivity index (χ2v) is 8.42. The van der Waals surface area contributed by atoms with Crippen LogP contribution in [0.1, 0.15) is 37.8 Å². The molecule has 5 heteroatoms. The molecule has 0 amide bonds. The number of nitrogens with zero attached hydrogens (tertiary/aromatic N) is 1. The van der Waals surface area contributed by atoms with Gasteiger partial charge in [-0.1, -0.05) is 38.1 Å². The minimum atomic E-state index is -3.20. The first kappa shape index (κ1) is 16.8. The molecule has 1 aromatic rings. The number of alkyl halides is 1. The molecular formula is C16H24ClNO2S.